The molecule has 1 heterocycles. The maximum absolute atomic E-state index is 12.8. The highest BCUT2D eigenvalue weighted by Gasteiger charge is 2.38. The Morgan fingerprint density at radius 2 is 1.96 bits per heavy atom. The first kappa shape index (κ1) is 17.3. The number of hydrogen-bond acceptors (Lipinski definition) is 3. The molecule has 0 radical (unpaired) electrons. The molecule has 25 heavy (non-hydrogen) atoms. The molecule has 5 nitrogen and oxygen atoms in total. The Morgan fingerprint density at radius 1 is 1.24 bits per heavy atom. The summed E-state index contributed by atoms with van der Waals surface area (Å²) in [7, 11) is 0. The van der Waals surface area contributed by atoms with Crippen molar-refractivity contribution in [3.05, 3.63) is 58.6 Å². The highest BCUT2D eigenvalue weighted by molar-refractivity contribution is 6.31. The van der Waals surface area contributed by atoms with Crippen LogP contribution in [0.5, 0.6) is 5.75 Å². The van der Waals surface area contributed by atoms with Gasteiger partial charge in [0.15, 0.2) is 0 Å². The lowest BCUT2D eigenvalue weighted by Gasteiger charge is -2.30. The molecule has 0 spiro atoms. The molecule has 2 amide bonds. The van der Waals surface area contributed by atoms with Crippen LogP contribution in [0, 0.1) is 5.92 Å². The van der Waals surface area contributed by atoms with Crippen LogP contribution in [-0.4, -0.2) is 27.9 Å². The van der Waals surface area contributed by atoms with Crippen LogP contribution >= 0.6 is 11.6 Å². The van der Waals surface area contributed by atoms with Gasteiger partial charge in [-0.2, -0.15) is 0 Å². The van der Waals surface area contributed by atoms with Crippen LogP contribution in [-0.2, 0) is 11.3 Å². The van der Waals surface area contributed by atoms with Crippen molar-refractivity contribution in [1.29, 1.82) is 0 Å². The minimum Gasteiger partial charge on any atom is -0.506 e. The summed E-state index contributed by atoms with van der Waals surface area (Å²) in [5.41, 5.74) is 1.77. The zero-order valence-electron chi connectivity index (χ0n) is 14.0. The van der Waals surface area contributed by atoms with Gasteiger partial charge in [-0.25, -0.2) is 0 Å². The summed E-state index contributed by atoms with van der Waals surface area (Å²) in [6, 6.07) is 11.1. The zero-order valence-corrected chi connectivity index (χ0v) is 14.7. The summed E-state index contributed by atoms with van der Waals surface area (Å²) in [6.45, 7) is 4.17. The number of anilines is 1. The Morgan fingerprint density at radius 3 is 2.64 bits per heavy atom. The fourth-order valence-corrected chi connectivity index (χ4v) is 3.29. The number of halogens is 1. The predicted molar refractivity (Wildman–Crippen MR) is 96.7 cm³/mol. The number of carbonyl (C=O) groups is 2. The van der Waals surface area contributed by atoms with Gasteiger partial charge in [0.1, 0.15) is 11.8 Å². The van der Waals surface area contributed by atoms with Gasteiger partial charge in [0.2, 0.25) is 5.91 Å². The largest absolute Gasteiger partial charge is 0.506 e. The minimum atomic E-state index is -0.654. The summed E-state index contributed by atoms with van der Waals surface area (Å²) in [5.74, 6) is -0.677. The van der Waals surface area contributed by atoms with Gasteiger partial charge in [-0.1, -0.05) is 43.6 Å². The third kappa shape index (κ3) is 3.33. The molecule has 0 saturated heterocycles. The number of rotatable bonds is 4. The number of hydrogen-bond donors (Lipinski definition) is 2. The van der Waals surface area contributed by atoms with Gasteiger partial charge >= 0.3 is 0 Å². The molecule has 2 aromatic carbocycles. The van der Waals surface area contributed by atoms with Crippen molar-refractivity contribution < 1.29 is 14.7 Å². The number of nitrogens with zero attached hydrogens (tertiary/aromatic N) is 1. The van der Waals surface area contributed by atoms with Crippen molar-refractivity contribution in [3.63, 3.8) is 0 Å². The van der Waals surface area contributed by atoms with Crippen LogP contribution in [0.15, 0.2) is 42.5 Å². The molecule has 1 aliphatic heterocycles. The van der Waals surface area contributed by atoms with Gasteiger partial charge in [0, 0.05) is 17.1 Å². The van der Waals surface area contributed by atoms with Gasteiger partial charge in [-0.05, 0) is 35.7 Å². The van der Waals surface area contributed by atoms with E-state index in [1.54, 1.807) is 11.0 Å². The van der Waals surface area contributed by atoms with Gasteiger partial charge < -0.3 is 15.3 Å². The summed E-state index contributed by atoms with van der Waals surface area (Å²) < 4.78 is 0. The van der Waals surface area contributed by atoms with Crippen LogP contribution in [0.2, 0.25) is 5.02 Å². The second-order valence-corrected chi connectivity index (χ2v) is 6.87. The first-order valence-electron chi connectivity index (χ1n) is 8.06. The monoisotopic (exact) mass is 358 g/mol. The average molecular weight is 359 g/mol. The van der Waals surface area contributed by atoms with E-state index in [4.69, 9.17) is 11.6 Å². The Labute approximate surface area is 151 Å². The highest BCUT2D eigenvalue weighted by Crippen LogP contribution is 2.30. The number of nitrogens with one attached hydrogen (secondary N) is 1. The molecule has 2 N–H and O–H groups in total. The highest BCUT2D eigenvalue weighted by atomic mass is 35.5. The number of aromatic hydroxyl groups is 1. The molecule has 3 rings (SSSR count). The maximum Gasteiger partial charge on any atom is 0.255 e. The fraction of sp³-hybridized carbons (Fsp3) is 0.263. The van der Waals surface area contributed by atoms with Crippen molar-refractivity contribution in [3.8, 4) is 5.75 Å². The molecule has 1 atom stereocenters. The van der Waals surface area contributed by atoms with Crippen molar-refractivity contribution >= 4 is 29.1 Å². The first-order chi connectivity index (χ1) is 11.9. The van der Waals surface area contributed by atoms with E-state index in [1.165, 1.54) is 18.2 Å². The van der Waals surface area contributed by atoms with E-state index >= 15 is 0 Å². The van der Waals surface area contributed by atoms with E-state index < -0.39 is 6.04 Å². The zero-order chi connectivity index (χ0) is 18.1. The van der Waals surface area contributed by atoms with Gasteiger partial charge in [-0.3, -0.25) is 9.59 Å². The van der Waals surface area contributed by atoms with E-state index in [9.17, 15) is 14.7 Å². The lowest BCUT2D eigenvalue weighted by molar-refractivity contribution is -0.122. The Bertz CT molecular complexity index is 835. The second-order valence-electron chi connectivity index (χ2n) is 6.43. The van der Waals surface area contributed by atoms with Crippen molar-refractivity contribution in [2.45, 2.75) is 26.4 Å². The second kappa shape index (κ2) is 6.76. The molecular weight excluding hydrogens is 340 g/mol. The summed E-state index contributed by atoms with van der Waals surface area (Å²) in [4.78, 5) is 27.1. The topological polar surface area (TPSA) is 69.6 Å². The van der Waals surface area contributed by atoms with Gasteiger partial charge in [-0.15, -0.1) is 0 Å². The Hall–Kier alpha value is -2.53. The first-order valence-corrected chi connectivity index (χ1v) is 8.44. The molecule has 0 saturated carbocycles. The average Bonchev–Trinajstić information content (AvgIpc) is 2.88. The SMILES string of the molecule is CC(C)C(C(=O)Nc1cc(Cl)ccc1O)N1Cc2ccccc2C1=O. The van der Waals surface area contributed by atoms with Crippen LogP contribution in [0.1, 0.15) is 29.8 Å². The van der Waals surface area contributed by atoms with Crippen molar-refractivity contribution in [2.24, 2.45) is 5.92 Å². The Kier molecular flexibility index (Phi) is 4.68. The van der Waals surface area contributed by atoms with E-state index in [0.29, 0.717) is 17.1 Å². The molecule has 130 valence electrons. The van der Waals surface area contributed by atoms with Crippen LogP contribution in [0.3, 0.4) is 0 Å². The van der Waals surface area contributed by atoms with Gasteiger partial charge in [0.05, 0.1) is 5.69 Å². The summed E-state index contributed by atoms with van der Waals surface area (Å²) in [6.07, 6.45) is 0. The number of phenols is 1. The minimum absolute atomic E-state index is 0.0729. The van der Waals surface area contributed by atoms with Crippen LogP contribution in [0.25, 0.3) is 0 Å². The summed E-state index contributed by atoms with van der Waals surface area (Å²) in [5, 5.41) is 13.0. The molecular formula is C19H19ClN2O3. The fourth-order valence-electron chi connectivity index (χ4n) is 3.12. The third-order valence-electron chi connectivity index (χ3n) is 4.30. The molecule has 0 aliphatic carbocycles. The number of amides is 2. The molecule has 1 aliphatic rings. The molecule has 2 aromatic rings. The standard InChI is InChI=1S/C19H19ClN2O3/c1-11(2)17(18(24)21-15-9-13(20)7-8-16(15)23)22-10-12-5-3-4-6-14(12)19(22)25/h3-9,11,17,23H,10H2,1-2H3,(H,21,24). The third-order valence-corrected chi connectivity index (χ3v) is 4.54. The molecule has 1 unspecified atom stereocenters. The molecule has 0 aromatic heterocycles. The number of benzene rings is 2. The van der Waals surface area contributed by atoms with E-state index in [1.807, 2.05) is 32.0 Å². The van der Waals surface area contributed by atoms with Gasteiger partial charge in [0.25, 0.3) is 5.91 Å². The van der Waals surface area contributed by atoms with Crippen LogP contribution in [0.4, 0.5) is 5.69 Å². The van der Waals surface area contributed by atoms with E-state index in [0.717, 1.165) is 5.56 Å². The molecule has 6 heteroatoms. The lowest BCUT2D eigenvalue weighted by atomic mass is 10.0. The lowest BCUT2D eigenvalue weighted by Crippen LogP contribution is -2.47. The molecule has 0 fully saturated rings. The normalized spacial score (nSPS) is 14.6. The van der Waals surface area contributed by atoms with E-state index in [2.05, 4.69) is 5.32 Å². The van der Waals surface area contributed by atoms with Crippen molar-refractivity contribution in [1.82, 2.24) is 4.90 Å². The van der Waals surface area contributed by atoms with E-state index in [-0.39, 0.29) is 29.2 Å². The number of carbonyl (C=O) groups excluding carboxylic acids is 2. The van der Waals surface area contributed by atoms with Crippen LogP contribution < -0.4 is 5.32 Å². The predicted octanol–water partition coefficient (Wildman–Crippen LogP) is 3.66. The van der Waals surface area contributed by atoms with Crippen molar-refractivity contribution in [2.75, 3.05) is 5.32 Å². The maximum atomic E-state index is 12.8. The number of phenolic OH excluding ortho intramolecular Hbond substituents is 1. The quantitative estimate of drug-likeness (QED) is 0.819. The number of fused-ring (bicyclic) bond motifs is 1. The smallest absolute Gasteiger partial charge is 0.255 e. The summed E-state index contributed by atoms with van der Waals surface area (Å²) >= 11 is 5.93. The molecule has 0 bridgehead atoms. The Balaban J connectivity index is 1.86.